The Kier molecular flexibility index (Phi) is 9.07. The average Bonchev–Trinajstić information content (AvgIpc) is 3.45. The summed E-state index contributed by atoms with van der Waals surface area (Å²) in [6.07, 6.45) is 7.45. The SMILES string of the molecule is CCNC(=NCC1(O)CCOCC1)NC1CCCC(C(=O)NC2CC2)C1.I. The Labute approximate surface area is 179 Å². The number of aliphatic imine (C=N–C) groups is 1. The van der Waals surface area contributed by atoms with Gasteiger partial charge in [0.1, 0.15) is 0 Å². The number of rotatable bonds is 6. The van der Waals surface area contributed by atoms with E-state index >= 15 is 0 Å². The predicted octanol–water partition coefficient (Wildman–Crippen LogP) is 1.54. The molecule has 0 aromatic rings. The van der Waals surface area contributed by atoms with E-state index in [0.717, 1.165) is 51.0 Å². The third-order valence-corrected chi connectivity index (χ3v) is 5.61. The van der Waals surface area contributed by atoms with E-state index in [9.17, 15) is 9.90 Å². The molecule has 0 bridgehead atoms. The van der Waals surface area contributed by atoms with Gasteiger partial charge in [0.25, 0.3) is 0 Å². The summed E-state index contributed by atoms with van der Waals surface area (Å²) in [5.74, 6) is 1.06. The van der Waals surface area contributed by atoms with E-state index in [1.165, 1.54) is 0 Å². The Morgan fingerprint density at radius 1 is 1.15 bits per heavy atom. The molecule has 3 aliphatic rings. The Hall–Kier alpha value is -0.610. The number of ether oxygens (including phenoxy) is 1. The van der Waals surface area contributed by atoms with Gasteiger partial charge < -0.3 is 25.8 Å². The lowest BCUT2D eigenvalue weighted by Gasteiger charge is -2.32. The quantitative estimate of drug-likeness (QED) is 0.255. The summed E-state index contributed by atoms with van der Waals surface area (Å²) < 4.78 is 5.33. The second kappa shape index (κ2) is 10.8. The van der Waals surface area contributed by atoms with Crippen LogP contribution in [0.1, 0.15) is 58.3 Å². The van der Waals surface area contributed by atoms with Crippen molar-refractivity contribution < 1.29 is 14.6 Å². The molecular weight excluding hydrogens is 459 g/mol. The van der Waals surface area contributed by atoms with Crippen molar-refractivity contribution in [3.05, 3.63) is 0 Å². The number of hydrogen-bond acceptors (Lipinski definition) is 4. The van der Waals surface area contributed by atoms with E-state index in [1.807, 2.05) is 6.92 Å². The molecule has 27 heavy (non-hydrogen) atoms. The summed E-state index contributed by atoms with van der Waals surface area (Å²) in [6.45, 7) is 4.37. The molecular formula is C19H35IN4O3. The first-order valence-electron chi connectivity index (χ1n) is 10.2. The van der Waals surface area contributed by atoms with Crippen LogP contribution >= 0.6 is 24.0 Å². The van der Waals surface area contributed by atoms with Crippen molar-refractivity contribution in [2.24, 2.45) is 10.9 Å². The van der Waals surface area contributed by atoms with Gasteiger partial charge in [-0.05, 0) is 39.0 Å². The number of halogens is 1. The Morgan fingerprint density at radius 2 is 1.89 bits per heavy atom. The smallest absolute Gasteiger partial charge is 0.223 e. The van der Waals surface area contributed by atoms with Gasteiger partial charge >= 0.3 is 0 Å². The van der Waals surface area contributed by atoms with Crippen LogP contribution in [0.25, 0.3) is 0 Å². The minimum absolute atomic E-state index is 0. The zero-order valence-corrected chi connectivity index (χ0v) is 18.7. The maximum absolute atomic E-state index is 12.4. The molecule has 1 amide bonds. The van der Waals surface area contributed by atoms with E-state index in [-0.39, 0.29) is 41.8 Å². The fourth-order valence-electron chi connectivity index (χ4n) is 3.75. The molecule has 0 radical (unpaired) electrons. The third-order valence-electron chi connectivity index (χ3n) is 5.61. The number of aliphatic hydroxyl groups is 1. The van der Waals surface area contributed by atoms with Crippen LogP contribution in [0.2, 0.25) is 0 Å². The van der Waals surface area contributed by atoms with Crippen molar-refractivity contribution in [3.63, 3.8) is 0 Å². The lowest BCUT2D eigenvalue weighted by molar-refractivity contribution is -0.126. The molecule has 3 rings (SSSR count). The van der Waals surface area contributed by atoms with Crippen LogP contribution in [-0.2, 0) is 9.53 Å². The van der Waals surface area contributed by atoms with Crippen LogP contribution in [0.5, 0.6) is 0 Å². The van der Waals surface area contributed by atoms with Gasteiger partial charge in [0.05, 0.1) is 12.1 Å². The Balaban J connectivity index is 0.00000261. The van der Waals surface area contributed by atoms with E-state index in [2.05, 4.69) is 20.9 Å². The summed E-state index contributed by atoms with van der Waals surface area (Å²) in [7, 11) is 0. The van der Waals surface area contributed by atoms with Gasteiger partial charge in [0.15, 0.2) is 5.96 Å². The summed E-state index contributed by atoms with van der Waals surface area (Å²) in [5.41, 5.74) is -0.764. The van der Waals surface area contributed by atoms with Crippen molar-refractivity contribution >= 4 is 35.8 Å². The first-order chi connectivity index (χ1) is 12.6. The molecule has 4 N–H and O–H groups in total. The maximum atomic E-state index is 12.4. The Morgan fingerprint density at radius 3 is 2.56 bits per heavy atom. The van der Waals surface area contributed by atoms with Crippen molar-refractivity contribution in [2.45, 2.75) is 76.0 Å². The highest BCUT2D eigenvalue weighted by Crippen LogP contribution is 2.27. The zero-order chi connectivity index (χ0) is 18.4. The van der Waals surface area contributed by atoms with Gasteiger partial charge in [-0.15, -0.1) is 24.0 Å². The summed E-state index contributed by atoms with van der Waals surface area (Å²) >= 11 is 0. The molecule has 1 heterocycles. The fraction of sp³-hybridized carbons (Fsp3) is 0.895. The number of carbonyl (C=O) groups is 1. The molecule has 1 aliphatic heterocycles. The van der Waals surface area contributed by atoms with Crippen LogP contribution < -0.4 is 16.0 Å². The second-order valence-corrected chi connectivity index (χ2v) is 8.02. The fourth-order valence-corrected chi connectivity index (χ4v) is 3.75. The van der Waals surface area contributed by atoms with Crippen LogP contribution in [0.15, 0.2) is 4.99 Å². The highest BCUT2D eigenvalue weighted by Gasteiger charge is 2.32. The third kappa shape index (κ3) is 7.38. The summed E-state index contributed by atoms with van der Waals surface area (Å²) in [5, 5.41) is 20.5. The summed E-state index contributed by atoms with van der Waals surface area (Å²) in [4.78, 5) is 17.0. The highest BCUT2D eigenvalue weighted by atomic mass is 127. The topological polar surface area (TPSA) is 95.0 Å². The second-order valence-electron chi connectivity index (χ2n) is 8.02. The summed E-state index contributed by atoms with van der Waals surface area (Å²) in [6, 6.07) is 0.677. The number of hydrogen-bond donors (Lipinski definition) is 4. The van der Waals surface area contributed by atoms with Crippen molar-refractivity contribution in [2.75, 3.05) is 26.3 Å². The van der Waals surface area contributed by atoms with E-state index < -0.39 is 5.60 Å². The number of guanidine groups is 1. The van der Waals surface area contributed by atoms with E-state index in [1.54, 1.807) is 0 Å². The highest BCUT2D eigenvalue weighted by molar-refractivity contribution is 14.0. The monoisotopic (exact) mass is 494 g/mol. The van der Waals surface area contributed by atoms with Gasteiger partial charge in [-0.2, -0.15) is 0 Å². The first kappa shape index (κ1) is 22.7. The standard InChI is InChI=1S/C19H34N4O3.HI/c1-2-20-18(21-13-19(25)8-10-26-11-9-19)23-16-5-3-4-14(12-16)17(24)22-15-6-7-15;/h14-16,25H,2-13H2,1H3,(H,22,24)(H2,20,21,23);1H. The normalized spacial score (nSPS) is 28.0. The molecule has 2 atom stereocenters. The number of carbonyl (C=O) groups excluding carboxylic acids is 1. The lowest BCUT2D eigenvalue weighted by atomic mass is 9.85. The molecule has 0 spiro atoms. The number of nitrogens with one attached hydrogen (secondary N) is 3. The van der Waals surface area contributed by atoms with Crippen LogP contribution in [-0.4, -0.2) is 61.0 Å². The largest absolute Gasteiger partial charge is 0.388 e. The van der Waals surface area contributed by atoms with Crippen molar-refractivity contribution in [1.82, 2.24) is 16.0 Å². The average molecular weight is 494 g/mol. The van der Waals surface area contributed by atoms with Gasteiger partial charge in [0, 0.05) is 50.6 Å². The van der Waals surface area contributed by atoms with Crippen molar-refractivity contribution in [3.8, 4) is 0 Å². The maximum Gasteiger partial charge on any atom is 0.223 e. The first-order valence-corrected chi connectivity index (χ1v) is 10.2. The van der Waals surface area contributed by atoms with Gasteiger partial charge in [-0.25, -0.2) is 0 Å². The predicted molar refractivity (Wildman–Crippen MR) is 116 cm³/mol. The molecule has 156 valence electrons. The van der Waals surface area contributed by atoms with Gasteiger partial charge in [-0.3, -0.25) is 9.79 Å². The number of amides is 1. The van der Waals surface area contributed by atoms with Crippen LogP contribution in [0.3, 0.4) is 0 Å². The van der Waals surface area contributed by atoms with Gasteiger partial charge in [-0.1, -0.05) is 6.42 Å². The molecule has 2 saturated carbocycles. The lowest BCUT2D eigenvalue weighted by Crippen LogP contribution is -2.48. The molecule has 0 aromatic carbocycles. The minimum atomic E-state index is -0.764. The molecule has 7 nitrogen and oxygen atoms in total. The van der Waals surface area contributed by atoms with E-state index in [4.69, 9.17) is 4.74 Å². The zero-order valence-electron chi connectivity index (χ0n) is 16.3. The van der Waals surface area contributed by atoms with E-state index in [0.29, 0.717) is 38.6 Å². The molecule has 0 aromatic heterocycles. The molecule has 8 heteroatoms. The minimum Gasteiger partial charge on any atom is -0.388 e. The molecule has 3 fully saturated rings. The number of nitrogens with zero attached hydrogens (tertiary/aromatic N) is 1. The van der Waals surface area contributed by atoms with Gasteiger partial charge in [0.2, 0.25) is 5.91 Å². The molecule has 2 aliphatic carbocycles. The molecule has 2 unspecified atom stereocenters. The van der Waals surface area contributed by atoms with Crippen molar-refractivity contribution in [1.29, 1.82) is 0 Å². The van der Waals surface area contributed by atoms with Crippen LogP contribution in [0.4, 0.5) is 0 Å². The molecule has 1 saturated heterocycles. The van der Waals surface area contributed by atoms with Crippen LogP contribution in [0, 0.1) is 5.92 Å². The Bertz CT molecular complexity index is 507.